The highest BCUT2D eigenvalue weighted by Gasteiger charge is 2.20. The number of benzene rings is 2. The van der Waals surface area contributed by atoms with E-state index in [2.05, 4.69) is 21.6 Å². The van der Waals surface area contributed by atoms with Crippen LogP contribution in [0.15, 0.2) is 54.6 Å². The van der Waals surface area contributed by atoms with E-state index in [9.17, 15) is 13.6 Å². The first-order chi connectivity index (χ1) is 15.9. The number of hydrogen-bond donors (Lipinski definition) is 0. The monoisotopic (exact) mass is 487 g/mol. The first-order valence-corrected chi connectivity index (χ1v) is 11.6. The number of hydrogen-bond acceptors (Lipinski definition) is 3. The summed E-state index contributed by atoms with van der Waals surface area (Å²) in [5.41, 5.74) is 4.46. The summed E-state index contributed by atoms with van der Waals surface area (Å²) in [4.78, 5) is 17.2. The van der Waals surface area contributed by atoms with Crippen LogP contribution in [0.3, 0.4) is 0 Å². The lowest BCUT2D eigenvalue weighted by Gasteiger charge is -2.36. The van der Waals surface area contributed by atoms with Crippen LogP contribution < -0.4 is 4.90 Å². The molecular formula is C27H32ClF2N3O. The van der Waals surface area contributed by atoms with Crippen LogP contribution >= 0.6 is 12.4 Å². The van der Waals surface area contributed by atoms with Gasteiger partial charge in [0.25, 0.3) is 0 Å². The highest BCUT2D eigenvalue weighted by Crippen LogP contribution is 2.26. The number of rotatable bonds is 8. The van der Waals surface area contributed by atoms with Crippen LogP contribution in [0.1, 0.15) is 35.3 Å². The van der Waals surface area contributed by atoms with Crippen LogP contribution in [0.25, 0.3) is 11.3 Å². The van der Waals surface area contributed by atoms with Crippen molar-refractivity contribution >= 4 is 23.9 Å². The molecule has 0 bridgehead atoms. The van der Waals surface area contributed by atoms with Crippen molar-refractivity contribution < 1.29 is 13.6 Å². The first-order valence-electron chi connectivity index (χ1n) is 11.6. The van der Waals surface area contributed by atoms with Gasteiger partial charge < -0.3 is 9.47 Å². The third kappa shape index (κ3) is 5.86. The fraction of sp³-hybridized carbons (Fsp3) is 0.370. The van der Waals surface area contributed by atoms with Gasteiger partial charge in [0.2, 0.25) is 0 Å². The van der Waals surface area contributed by atoms with Gasteiger partial charge in [-0.2, -0.15) is 0 Å². The average molecular weight is 488 g/mol. The summed E-state index contributed by atoms with van der Waals surface area (Å²) in [7, 11) is 2.01. The maximum absolute atomic E-state index is 14.0. The van der Waals surface area contributed by atoms with Crippen LogP contribution in [0.4, 0.5) is 14.5 Å². The van der Waals surface area contributed by atoms with Crippen LogP contribution in [0.2, 0.25) is 0 Å². The first kappa shape index (κ1) is 25.9. The van der Waals surface area contributed by atoms with Crippen LogP contribution in [-0.2, 0) is 7.05 Å². The molecule has 4 rings (SSSR count). The fourth-order valence-corrected chi connectivity index (χ4v) is 4.57. The Morgan fingerprint density at radius 3 is 2.32 bits per heavy atom. The Morgan fingerprint density at radius 2 is 1.65 bits per heavy atom. The molecule has 0 unspecified atom stereocenters. The van der Waals surface area contributed by atoms with E-state index in [0.717, 1.165) is 61.1 Å². The molecule has 0 saturated carbocycles. The zero-order valence-electron chi connectivity index (χ0n) is 19.8. The normalized spacial score (nSPS) is 14.2. The molecule has 0 spiro atoms. The number of carbonyl (C=O) groups excluding carboxylic acids is 1. The molecule has 1 aliphatic heterocycles. The van der Waals surface area contributed by atoms with Crippen LogP contribution in [0, 0.1) is 18.6 Å². The van der Waals surface area contributed by atoms with Gasteiger partial charge >= 0.3 is 0 Å². The van der Waals surface area contributed by atoms with Crippen molar-refractivity contribution in [2.24, 2.45) is 7.05 Å². The number of carbonyl (C=O) groups is 1. The second kappa shape index (κ2) is 11.6. The van der Waals surface area contributed by atoms with Gasteiger partial charge in [0.1, 0.15) is 11.6 Å². The van der Waals surface area contributed by atoms with Crippen molar-refractivity contribution in [1.82, 2.24) is 9.47 Å². The molecule has 0 N–H and O–H groups in total. The highest BCUT2D eigenvalue weighted by molar-refractivity contribution is 5.98. The number of ketones is 1. The Hall–Kier alpha value is -2.70. The Bertz CT molecular complexity index is 1110. The summed E-state index contributed by atoms with van der Waals surface area (Å²) in [6.45, 7) is 6.03. The molecule has 1 aliphatic rings. The molecule has 1 saturated heterocycles. The molecular weight excluding hydrogens is 456 g/mol. The highest BCUT2D eigenvalue weighted by atomic mass is 35.5. The van der Waals surface area contributed by atoms with Crippen molar-refractivity contribution in [2.75, 3.05) is 37.6 Å². The Kier molecular flexibility index (Phi) is 8.86. The van der Waals surface area contributed by atoms with Crippen molar-refractivity contribution in [3.63, 3.8) is 0 Å². The SMILES string of the molecule is Cc1c(C(=O)CCCCN2CCN(c3ccc(F)cc3F)CC2)cc(-c2ccccc2)n1C.Cl. The molecule has 3 aromatic rings. The third-order valence-electron chi connectivity index (χ3n) is 6.66. The molecule has 182 valence electrons. The fourth-order valence-electron chi connectivity index (χ4n) is 4.57. The summed E-state index contributed by atoms with van der Waals surface area (Å²) in [5, 5.41) is 0. The largest absolute Gasteiger partial charge is 0.367 e. The van der Waals surface area contributed by atoms with Crippen LogP contribution in [-0.4, -0.2) is 48.0 Å². The van der Waals surface area contributed by atoms with E-state index in [-0.39, 0.29) is 18.2 Å². The second-order valence-electron chi connectivity index (χ2n) is 8.76. The van der Waals surface area contributed by atoms with Crippen LogP contribution in [0.5, 0.6) is 0 Å². The number of Topliss-reactive ketones (excluding diaryl/α,β-unsaturated/α-hetero) is 1. The predicted molar refractivity (Wildman–Crippen MR) is 136 cm³/mol. The summed E-state index contributed by atoms with van der Waals surface area (Å²) in [6, 6.07) is 15.9. The van der Waals surface area contributed by atoms with Crippen molar-refractivity contribution in [3.8, 4) is 11.3 Å². The molecule has 1 aromatic heterocycles. The zero-order valence-corrected chi connectivity index (χ0v) is 20.6. The van der Waals surface area contributed by atoms with Gasteiger partial charge in [-0.25, -0.2) is 8.78 Å². The molecule has 2 heterocycles. The molecule has 1 fully saturated rings. The molecule has 0 amide bonds. The van der Waals surface area contributed by atoms with Crippen molar-refractivity contribution in [2.45, 2.75) is 26.2 Å². The molecule has 2 aromatic carbocycles. The van der Waals surface area contributed by atoms with Gasteiger partial charge in [-0.15, -0.1) is 12.4 Å². The molecule has 4 nitrogen and oxygen atoms in total. The Balaban J connectivity index is 0.00000324. The van der Waals surface area contributed by atoms with Gasteiger partial charge in [-0.1, -0.05) is 30.3 Å². The minimum absolute atomic E-state index is 0. The van der Waals surface area contributed by atoms with Gasteiger partial charge in [0.15, 0.2) is 5.78 Å². The standard InChI is InChI=1S/C27H31F2N3O.ClH/c1-20-23(19-26(30(20)2)21-8-4-3-5-9-21)27(33)10-6-7-13-31-14-16-32(17-15-31)25-12-11-22(28)18-24(25)29;/h3-5,8-9,11-12,18-19H,6-7,10,13-17H2,1-2H3;1H. The van der Waals surface area contributed by atoms with E-state index in [1.54, 1.807) is 0 Å². The molecule has 34 heavy (non-hydrogen) atoms. The summed E-state index contributed by atoms with van der Waals surface area (Å²) in [6.07, 6.45) is 2.34. The topological polar surface area (TPSA) is 28.5 Å². The maximum atomic E-state index is 14.0. The van der Waals surface area contributed by atoms with Gasteiger partial charge in [-0.3, -0.25) is 9.69 Å². The number of aromatic nitrogens is 1. The third-order valence-corrected chi connectivity index (χ3v) is 6.66. The van der Waals surface area contributed by atoms with Crippen molar-refractivity contribution in [1.29, 1.82) is 0 Å². The van der Waals surface area contributed by atoms with E-state index in [1.165, 1.54) is 12.1 Å². The lowest BCUT2D eigenvalue weighted by atomic mass is 10.0. The van der Waals surface area contributed by atoms with Gasteiger partial charge in [-0.05, 0) is 50.1 Å². The van der Waals surface area contributed by atoms with E-state index < -0.39 is 11.6 Å². The van der Waals surface area contributed by atoms with E-state index in [1.807, 2.05) is 43.1 Å². The van der Waals surface area contributed by atoms with E-state index >= 15 is 0 Å². The second-order valence-corrected chi connectivity index (χ2v) is 8.76. The smallest absolute Gasteiger partial charge is 0.164 e. The van der Waals surface area contributed by atoms with E-state index in [0.29, 0.717) is 25.2 Å². The summed E-state index contributed by atoms with van der Waals surface area (Å²) >= 11 is 0. The number of piperazine rings is 1. The molecule has 0 aliphatic carbocycles. The zero-order chi connectivity index (χ0) is 23.4. The van der Waals surface area contributed by atoms with Crippen molar-refractivity contribution in [3.05, 3.63) is 77.5 Å². The molecule has 0 atom stereocenters. The van der Waals surface area contributed by atoms with Gasteiger partial charge in [0.05, 0.1) is 5.69 Å². The number of anilines is 1. The lowest BCUT2D eigenvalue weighted by molar-refractivity contribution is 0.0977. The molecule has 0 radical (unpaired) electrons. The summed E-state index contributed by atoms with van der Waals surface area (Å²) in [5.74, 6) is -0.859. The maximum Gasteiger partial charge on any atom is 0.164 e. The Morgan fingerprint density at radius 1 is 0.941 bits per heavy atom. The Labute approximate surface area is 206 Å². The van der Waals surface area contributed by atoms with E-state index in [4.69, 9.17) is 0 Å². The summed E-state index contributed by atoms with van der Waals surface area (Å²) < 4.78 is 29.3. The lowest BCUT2D eigenvalue weighted by Crippen LogP contribution is -2.46. The molecule has 7 heteroatoms. The minimum Gasteiger partial charge on any atom is -0.367 e. The number of unbranched alkanes of at least 4 members (excludes halogenated alkanes) is 1. The predicted octanol–water partition coefficient (Wildman–Crippen LogP) is 5.88. The number of nitrogens with zero attached hydrogens (tertiary/aromatic N) is 3. The average Bonchev–Trinajstić information content (AvgIpc) is 3.12. The number of halogens is 3. The van der Waals surface area contributed by atoms with Gasteiger partial charge in [0, 0.05) is 62.7 Å². The quantitative estimate of drug-likeness (QED) is 0.293. The minimum atomic E-state index is -0.550.